The van der Waals surface area contributed by atoms with Crippen molar-refractivity contribution in [1.29, 1.82) is 0 Å². The molecule has 0 radical (unpaired) electrons. The summed E-state index contributed by atoms with van der Waals surface area (Å²) in [6.07, 6.45) is 9.28. The van der Waals surface area contributed by atoms with Gasteiger partial charge in [0.05, 0.1) is 16.8 Å². The topological polar surface area (TPSA) is 38.9 Å². The van der Waals surface area contributed by atoms with Gasteiger partial charge >= 0.3 is 0 Å². The molecule has 0 amide bonds. The van der Waals surface area contributed by atoms with Crippen LogP contribution in [0.25, 0.3) is 67.0 Å². The van der Waals surface area contributed by atoms with E-state index in [1.54, 1.807) is 0 Å². The van der Waals surface area contributed by atoms with Gasteiger partial charge in [-0.2, -0.15) is 0 Å². The highest BCUT2D eigenvalue weighted by molar-refractivity contribution is 6.13. The molecule has 11 rings (SSSR count). The summed E-state index contributed by atoms with van der Waals surface area (Å²) in [4.78, 5) is 10.5. The molecule has 0 saturated carbocycles. The van der Waals surface area contributed by atoms with Crippen molar-refractivity contribution in [3.05, 3.63) is 192 Å². The number of benzene rings is 6. The van der Waals surface area contributed by atoms with Gasteiger partial charge in [0.2, 0.25) is 0 Å². The second-order valence-corrected chi connectivity index (χ2v) is 13.6. The molecule has 0 fully saturated rings. The molecule has 3 aliphatic rings. The molecule has 50 heavy (non-hydrogen) atoms. The Hall–Kier alpha value is -6.32. The summed E-state index contributed by atoms with van der Waals surface area (Å²) in [5.41, 5.74) is 14.1. The number of fused-ring (bicyclic) bond motifs is 14. The van der Waals surface area contributed by atoms with Crippen LogP contribution in [0.4, 0.5) is 0 Å². The average Bonchev–Trinajstić information content (AvgIpc) is 3.82. The maximum atomic E-state index is 6.82. The molecule has 0 saturated heterocycles. The van der Waals surface area contributed by atoms with Gasteiger partial charge < -0.3 is 4.42 Å². The number of para-hydroxylation sites is 1. The zero-order valence-electron chi connectivity index (χ0n) is 27.1. The summed E-state index contributed by atoms with van der Waals surface area (Å²) in [6, 6.07) is 51.9. The van der Waals surface area contributed by atoms with Crippen LogP contribution in [0.1, 0.15) is 28.2 Å². The Morgan fingerprint density at radius 3 is 2.14 bits per heavy atom. The number of hydrogen-bond acceptors (Lipinski definition) is 3. The molecule has 1 spiro atoms. The van der Waals surface area contributed by atoms with E-state index < -0.39 is 5.41 Å². The van der Waals surface area contributed by atoms with Crippen LogP contribution >= 0.6 is 0 Å². The smallest absolute Gasteiger partial charge is 0.160 e. The third-order valence-electron chi connectivity index (χ3n) is 11.2. The van der Waals surface area contributed by atoms with Gasteiger partial charge in [-0.05, 0) is 39.9 Å². The predicted octanol–water partition coefficient (Wildman–Crippen LogP) is 11.5. The fourth-order valence-electron chi connectivity index (χ4n) is 9.25. The van der Waals surface area contributed by atoms with Crippen LogP contribution in [0.5, 0.6) is 0 Å². The number of rotatable bonds is 3. The lowest BCUT2D eigenvalue weighted by atomic mass is 9.64. The van der Waals surface area contributed by atoms with E-state index >= 15 is 0 Å². The molecular formula is C47H30N2O. The molecule has 3 heteroatoms. The number of allylic oxidation sites excluding steroid dienone is 4. The van der Waals surface area contributed by atoms with Crippen molar-refractivity contribution < 1.29 is 4.42 Å². The lowest BCUT2D eigenvalue weighted by molar-refractivity contribution is 0.466. The van der Waals surface area contributed by atoms with E-state index in [0.717, 1.165) is 50.0 Å². The second kappa shape index (κ2) is 10.3. The first kappa shape index (κ1) is 27.6. The Morgan fingerprint density at radius 1 is 0.540 bits per heavy atom. The summed E-state index contributed by atoms with van der Waals surface area (Å²) in [5.74, 6) is 1.14. The molecule has 0 aliphatic heterocycles. The first-order valence-electron chi connectivity index (χ1n) is 17.3. The molecule has 8 aromatic rings. The zero-order chi connectivity index (χ0) is 32.8. The van der Waals surface area contributed by atoms with Gasteiger partial charge in [-0.15, -0.1) is 0 Å². The van der Waals surface area contributed by atoms with Crippen molar-refractivity contribution in [2.45, 2.75) is 11.3 Å². The minimum absolute atomic E-state index is 0.178. The van der Waals surface area contributed by atoms with Gasteiger partial charge in [0.25, 0.3) is 0 Å². The Bertz CT molecular complexity index is 2660. The predicted molar refractivity (Wildman–Crippen MR) is 202 cm³/mol. The van der Waals surface area contributed by atoms with Gasteiger partial charge in [-0.1, -0.05) is 158 Å². The van der Waals surface area contributed by atoms with E-state index in [4.69, 9.17) is 14.4 Å². The molecule has 0 N–H and O–H groups in total. The molecule has 2 heterocycles. The number of hydrogen-bond donors (Lipinski definition) is 0. The molecule has 3 nitrogen and oxygen atoms in total. The van der Waals surface area contributed by atoms with Crippen molar-refractivity contribution >= 4 is 21.9 Å². The first-order chi connectivity index (χ1) is 24.8. The Kier molecular flexibility index (Phi) is 5.71. The Labute approximate surface area is 289 Å². The van der Waals surface area contributed by atoms with Gasteiger partial charge in [0, 0.05) is 44.9 Å². The van der Waals surface area contributed by atoms with Gasteiger partial charge in [0.15, 0.2) is 5.82 Å². The van der Waals surface area contributed by atoms with Crippen LogP contribution in [-0.4, -0.2) is 9.97 Å². The maximum absolute atomic E-state index is 6.82. The van der Waals surface area contributed by atoms with Crippen molar-refractivity contribution in [3.63, 3.8) is 0 Å². The second-order valence-electron chi connectivity index (χ2n) is 13.6. The molecule has 3 unspecified atom stereocenters. The zero-order valence-corrected chi connectivity index (χ0v) is 27.1. The van der Waals surface area contributed by atoms with Crippen LogP contribution in [0.2, 0.25) is 0 Å². The van der Waals surface area contributed by atoms with Crippen LogP contribution in [0.15, 0.2) is 174 Å². The van der Waals surface area contributed by atoms with E-state index in [9.17, 15) is 0 Å². The monoisotopic (exact) mass is 638 g/mol. The SMILES string of the molecule is C1=CC2c3ccccc3C3(c4ccc5c(oc6ccccc65)c4-c4cccc(-c5cc(-c6ccccc6)nc(-c6ccccc6)n5)c43)C2C=C1. The third kappa shape index (κ3) is 3.64. The van der Waals surface area contributed by atoms with E-state index in [1.165, 1.54) is 33.4 Å². The molecule has 0 bridgehead atoms. The minimum Gasteiger partial charge on any atom is -0.455 e. The quantitative estimate of drug-likeness (QED) is 0.193. The van der Waals surface area contributed by atoms with Crippen molar-refractivity contribution in [3.8, 4) is 45.0 Å². The molecule has 6 aromatic carbocycles. The fourth-order valence-corrected chi connectivity index (χ4v) is 9.25. The number of aromatic nitrogens is 2. The van der Waals surface area contributed by atoms with Crippen LogP contribution in [0, 0.1) is 5.92 Å². The largest absolute Gasteiger partial charge is 0.455 e. The molecule has 234 valence electrons. The maximum Gasteiger partial charge on any atom is 0.160 e. The highest BCUT2D eigenvalue weighted by atomic mass is 16.3. The highest BCUT2D eigenvalue weighted by Crippen LogP contribution is 2.67. The third-order valence-corrected chi connectivity index (χ3v) is 11.2. The van der Waals surface area contributed by atoms with Crippen molar-refractivity contribution in [2.24, 2.45) is 5.92 Å². The molecule has 3 aliphatic carbocycles. The van der Waals surface area contributed by atoms with Gasteiger partial charge in [0.1, 0.15) is 11.2 Å². The molecular weight excluding hydrogens is 609 g/mol. The standard InChI is InChI=1S/C47H30N2O/c1-3-14-29(15-4-1)40-28-41(49-46(48-40)30-16-5-2-6-17-30)35-21-13-22-36-43-39(27-26-34-33-20-9-12-25-42(33)50-45(34)43)47(44(35)36)37-23-10-7-18-31(37)32-19-8-11-24-38(32)47/h1-28,31,37H. The van der Waals surface area contributed by atoms with Crippen molar-refractivity contribution in [2.75, 3.05) is 0 Å². The van der Waals surface area contributed by atoms with Gasteiger partial charge in [-0.25, -0.2) is 9.97 Å². The van der Waals surface area contributed by atoms with E-state index in [2.05, 4.69) is 158 Å². The van der Waals surface area contributed by atoms with Crippen LogP contribution < -0.4 is 0 Å². The summed E-state index contributed by atoms with van der Waals surface area (Å²) < 4.78 is 6.82. The Morgan fingerprint density at radius 2 is 1.26 bits per heavy atom. The van der Waals surface area contributed by atoms with Crippen molar-refractivity contribution in [1.82, 2.24) is 9.97 Å². The molecule has 3 atom stereocenters. The molecule has 2 aromatic heterocycles. The van der Waals surface area contributed by atoms with E-state index in [-0.39, 0.29) is 11.8 Å². The Balaban J connectivity index is 1.28. The normalized spacial score (nSPS) is 19.5. The summed E-state index contributed by atoms with van der Waals surface area (Å²) in [6.45, 7) is 0. The number of furan rings is 1. The summed E-state index contributed by atoms with van der Waals surface area (Å²) in [7, 11) is 0. The highest BCUT2D eigenvalue weighted by Gasteiger charge is 2.58. The van der Waals surface area contributed by atoms with Gasteiger partial charge in [-0.3, -0.25) is 0 Å². The fraction of sp³-hybridized carbons (Fsp3) is 0.0638. The lowest BCUT2D eigenvalue weighted by Gasteiger charge is -2.37. The number of nitrogens with zero attached hydrogens (tertiary/aromatic N) is 2. The first-order valence-corrected chi connectivity index (χ1v) is 17.3. The summed E-state index contributed by atoms with van der Waals surface area (Å²) >= 11 is 0. The van der Waals surface area contributed by atoms with E-state index in [1.807, 2.05) is 12.1 Å². The van der Waals surface area contributed by atoms with Crippen LogP contribution in [0.3, 0.4) is 0 Å². The van der Waals surface area contributed by atoms with Crippen LogP contribution in [-0.2, 0) is 5.41 Å². The lowest BCUT2D eigenvalue weighted by Crippen LogP contribution is -2.33. The summed E-state index contributed by atoms with van der Waals surface area (Å²) in [5, 5.41) is 2.29. The van der Waals surface area contributed by atoms with E-state index in [0.29, 0.717) is 5.82 Å². The minimum atomic E-state index is -0.457. The average molecular weight is 639 g/mol.